The number of amides is 4. The van der Waals surface area contributed by atoms with Crippen LogP contribution in [0, 0.1) is 0 Å². The van der Waals surface area contributed by atoms with Gasteiger partial charge in [0, 0.05) is 13.5 Å². The lowest BCUT2D eigenvalue weighted by Gasteiger charge is -2.35. The Hall–Kier alpha value is -4.46. The van der Waals surface area contributed by atoms with Gasteiger partial charge in [-0.25, -0.2) is 14.6 Å². The van der Waals surface area contributed by atoms with Crippen molar-refractivity contribution in [1.29, 1.82) is 0 Å². The minimum atomic E-state index is -0.969. The second-order valence-corrected chi connectivity index (χ2v) is 8.13. The molecule has 0 unspecified atom stereocenters. The molecule has 3 aromatic rings. The molecule has 0 saturated carbocycles. The van der Waals surface area contributed by atoms with Crippen LogP contribution in [0.2, 0.25) is 0 Å². The number of benzene rings is 3. The van der Waals surface area contributed by atoms with E-state index in [9.17, 15) is 19.2 Å². The van der Waals surface area contributed by atoms with E-state index in [4.69, 9.17) is 4.74 Å². The number of nitrogens with zero attached hydrogens (tertiary/aromatic N) is 3. The number of likely N-dealkylation sites (N-methyl/N-ethyl adjacent to an activating group) is 1. The highest BCUT2D eigenvalue weighted by molar-refractivity contribution is 6.21. The third kappa shape index (κ3) is 4.77. The number of hydrogen-bond acceptors (Lipinski definition) is 5. The SMILES string of the molecule is COC(=O)[C@H](Cc1ccccc1)N(C)C(=O)N(Cc1ccccc1)N1C(=O)c2ccccc2C1=O. The van der Waals surface area contributed by atoms with E-state index in [1.807, 2.05) is 36.4 Å². The first kappa shape index (κ1) is 23.7. The first-order valence-electron chi connectivity index (χ1n) is 11.1. The summed E-state index contributed by atoms with van der Waals surface area (Å²) in [5.74, 6) is -1.80. The van der Waals surface area contributed by atoms with Gasteiger partial charge in [0.05, 0.1) is 24.8 Å². The molecule has 4 rings (SSSR count). The maximum atomic E-state index is 13.8. The molecule has 0 bridgehead atoms. The number of imide groups is 1. The Morgan fingerprint density at radius 3 is 1.80 bits per heavy atom. The Kier molecular flexibility index (Phi) is 6.91. The Bertz CT molecular complexity index is 1210. The molecule has 178 valence electrons. The highest BCUT2D eigenvalue weighted by atomic mass is 16.5. The molecule has 1 heterocycles. The van der Waals surface area contributed by atoms with E-state index in [0.717, 1.165) is 15.6 Å². The van der Waals surface area contributed by atoms with Gasteiger partial charge in [-0.3, -0.25) is 9.59 Å². The summed E-state index contributed by atoms with van der Waals surface area (Å²) in [5.41, 5.74) is 1.99. The molecule has 0 spiro atoms. The summed E-state index contributed by atoms with van der Waals surface area (Å²) < 4.78 is 4.97. The van der Waals surface area contributed by atoms with Crippen molar-refractivity contribution in [2.75, 3.05) is 14.2 Å². The van der Waals surface area contributed by atoms with Gasteiger partial charge >= 0.3 is 12.0 Å². The lowest BCUT2D eigenvalue weighted by atomic mass is 10.1. The van der Waals surface area contributed by atoms with E-state index in [-0.39, 0.29) is 24.1 Å². The summed E-state index contributed by atoms with van der Waals surface area (Å²) in [6.45, 7) is -0.0469. The molecule has 0 fully saturated rings. The summed E-state index contributed by atoms with van der Waals surface area (Å²) in [5, 5.41) is 1.94. The fourth-order valence-corrected chi connectivity index (χ4v) is 4.04. The van der Waals surface area contributed by atoms with Crippen molar-refractivity contribution in [2.24, 2.45) is 0 Å². The van der Waals surface area contributed by atoms with Gasteiger partial charge in [-0.2, -0.15) is 5.01 Å². The zero-order valence-electron chi connectivity index (χ0n) is 19.5. The number of urea groups is 1. The topological polar surface area (TPSA) is 87.2 Å². The molecule has 1 aliphatic heterocycles. The Labute approximate surface area is 203 Å². The van der Waals surface area contributed by atoms with E-state index in [1.165, 1.54) is 19.1 Å². The molecule has 0 saturated heterocycles. The molecule has 1 atom stereocenters. The second kappa shape index (κ2) is 10.2. The summed E-state index contributed by atoms with van der Waals surface area (Å²) in [4.78, 5) is 54.2. The number of hydrogen-bond donors (Lipinski definition) is 0. The quantitative estimate of drug-likeness (QED) is 0.389. The number of hydrazine groups is 1. The molecular weight excluding hydrogens is 446 g/mol. The summed E-state index contributed by atoms with van der Waals surface area (Å²) in [6.07, 6.45) is 0.205. The Morgan fingerprint density at radius 1 is 0.800 bits per heavy atom. The molecule has 3 aromatic carbocycles. The van der Waals surface area contributed by atoms with Crippen LogP contribution in [0.25, 0.3) is 0 Å². The van der Waals surface area contributed by atoms with Crippen LogP contribution in [0.1, 0.15) is 31.8 Å². The maximum Gasteiger partial charge on any atom is 0.340 e. The number of methoxy groups -OCH3 is 1. The first-order valence-corrected chi connectivity index (χ1v) is 11.1. The van der Waals surface area contributed by atoms with Crippen molar-refractivity contribution in [2.45, 2.75) is 19.0 Å². The predicted octanol–water partition coefficient (Wildman–Crippen LogP) is 3.54. The minimum Gasteiger partial charge on any atom is -0.467 e. The molecule has 0 aromatic heterocycles. The Morgan fingerprint density at radius 2 is 1.29 bits per heavy atom. The van der Waals surface area contributed by atoms with Crippen LogP contribution < -0.4 is 0 Å². The third-order valence-corrected chi connectivity index (χ3v) is 5.92. The Balaban J connectivity index is 1.69. The fourth-order valence-electron chi connectivity index (χ4n) is 4.04. The fraction of sp³-hybridized carbons (Fsp3) is 0.185. The minimum absolute atomic E-state index is 0.0469. The molecule has 8 nitrogen and oxygen atoms in total. The van der Waals surface area contributed by atoms with Crippen molar-refractivity contribution in [3.05, 3.63) is 107 Å². The molecule has 0 N–H and O–H groups in total. The van der Waals surface area contributed by atoms with Gasteiger partial charge in [-0.1, -0.05) is 72.8 Å². The van der Waals surface area contributed by atoms with Crippen LogP contribution in [0.5, 0.6) is 0 Å². The van der Waals surface area contributed by atoms with Crippen LogP contribution in [0.3, 0.4) is 0 Å². The average Bonchev–Trinajstić information content (AvgIpc) is 3.15. The van der Waals surface area contributed by atoms with Gasteiger partial charge in [-0.15, -0.1) is 0 Å². The van der Waals surface area contributed by atoms with Crippen LogP contribution in [0.15, 0.2) is 84.9 Å². The number of carbonyl (C=O) groups is 4. The number of rotatable bonds is 7. The standard InChI is InChI=1S/C27H25N3O5/c1-28(23(26(33)35-2)17-19-11-5-3-6-12-19)27(34)29(18-20-13-7-4-8-14-20)30-24(31)21-15-9-10-16-22(21)25(30)32/h3-16,23H,17-18H2,1-2H3/t23-/m0/s1. The predicted molar refractivity (Wildman–Crippen MR) is 128 cm³/mol. The third-order valence-electron chi connectivity index (χ3n) is 5.92. The zero-order valence-corrected chi connectivity index (χ0v) is 19.5. The van der Waals surface area contributed by atoms with E-state index in [1.54, 1.807) is 48.5 Å². The second-order valence-electron chi connectivity index (χ2n) is 8.13. The maximum absolute atomic E-state index is 13.8. The molecule has 8 heteroatoms. The van der Waals surface area contributed by atoms with Gasteiger partial charge in [0.2, 0.25) is 0 Å². The van der Waals surface area contributed by atoms with Crippen LogP contribution in [-0.2, 0) is 22.5 Å². The van der Waals surface area contributed by atoms with Crippen molar-refractivity contribution >= 4 is 23.8 Å². The van der Waals surface area contributed by atoms with Crippen LogP contribution >= 0.6 is 0 Å². The number of carbonyl (C=O) groups excluding carboxylic acids is 4. The average molecular weight is 472 g/mol. The number of esters is 1. The highest BCUT2D eigenvalue weighted by Gasteiger charge is 2.43. The monoisotopic (exact) mass is 471 g/mol. The van der Waals surface area contributed by atoms with Gasteiger partial charge < -0.3 is 9.64 Å². The first-order chi connectivity index (χ1) is 16.9. The zero-order chi connectivity index (χ0) is 24.9. The lowest BCUT2D eigenvalue weighted by molar-refractivity contribution is -0.145. The summed E-state index contributed by atoms with van der Waals surface area (Å²) in [6, 6.07) is 23.0. The van der Waals surface area contributed by atoms with E-state index in [0.29, 0.717) is 5.56 Å². The molecule has 4 amide bonds. The van der Waals surface area contributed by atoms with E-state index < -0.39 is 29.9 Å². The van der Waals surface area contributed by atoms with Gasteiger partial charge in [0.1, 0.15) is 6.04 Å². The number of ether oxygens (including phenoxy) is 1. The van der Waals surface area contributed by atoms with Crippen molar-refractivity contribution < 1.29 is 23.9 Å². The van der Waals surface area contributed by atoms with Gasteiger partial charge in [0.25, 0.3) is 11.8 Å². The van der Waals surface area contributed by atoms with E-state index >= 15 is 0 Å². The normalized spacial score (nSPS) is 13.3. The summed E-state index contributed by atoms with van der Waals surface area (Å²) >= 11 is 0. The van der Waals surface area contributed by atoms with Crippen LogP contribution in [-0.4, -0.2) is 58.9 Å². The van der Waals surface area contributed by atoms with Gasteiger partial charge in [0.15, 0.2) is 0 Å². The number of fused-ring (bicyclic) bond motifs is 1. The largest absolute Gasteiger partial charge is 0.467 e. The van der Waals surface area contributed by atoms with Crippen molar-refractivity contribution in [1.82, 2.24) is 14.9 Å². The molecule has 35 heavy (non-hydrogen) atoms. The van der Waals surface area contributed by atoms with Crippen LogP contribution in [0.4, 0.5) is 4.79 Å². The summed E-state index contributed by atoms with van der Waals surface area (Å²) in [7, 11) is 2.72. The molecule has 0 aliphatic carbocycles. The van der Waals surface area contributed by atoms with Crippen molar-refractivity contribution in [3.63, 3.8) is 0 Å². The van der Waals surface area contributed by atoms with E-state index in [2.05, 4.69) is 0 Å². The lowest BCUT2D eigenvalue weighted by Crippen LogP contribution is -2.56. The van der Waals surface area contributed by atoms with Gasteiger partial charge in [-0.05, 0) is 23.3 Å². The molecular formula is C27H25N3O5. The van der Waals surface area contributed by atoms with Crippen molar-refractivity contribution in [3.8, 4) is 0 Å². The molecule has 1 aliphatic rings. The smallest absolute Gasteiger partial charge is 0.340 e. The highest BCUT2D eigenvalue weighted by Crippen LogP contribution is 2.26. The molecule has 0 radical (unpaired) electrons.